The van der Waals surface area contributed by atoms with Gasteiger partial charge in [-0.2, -0.15) is 0 Å². The molecule has 17 heavy (non-hydrogen) atoms. The molecule has 1 aliphatic heterocycles. The summed E-state index contributed by atoms with van der Waals surface area (Å²) in [5, 5.41) is 9.55. The number of nitrogens with zero attached hydrogens (tertiary/aromatic N) is 1. The Morgan fingerprint density at radius 3 is 2.71 bits per heavy atom. The zero-order valence-corrected chi connectivity index (χ0v) is 9.40. The monoisotopic (exact) mass is 238 g/mol. The normalized spacial score (nSPS) is 17.2. The number of nitrogens with two attached hydrogens (primary N) is 1. The number of carbonyl (C=O) groups excluding carboxylic acids is 1. The van der Waals surface area contributed by atoms with Crippen LogP contribution < -0.4 is 5.73 Å². The molecule has 1 aromatic carbocycles. The van der Waals surface area contributed by atoms with Crippen LogP contribution in [0.4, 0.5) is 4.39 Å². The van der Waals surface area contributed by atoms with Crippen LogP contribution in [0.2, 0.25) is 0 Å². The summed E-state index contributed by atoms with van der Waals surface area (Å²) in [7, 11) is 0. The molecule has 0 aromatic heterocycles. The molecule has 5 heteroatoms. The summed E-state index contributed by atoms with van der Waals surface area (Å²) in [4.78, 5) is 13.6. The topological polar surface area (TPSA) is 66.6 Å². The van der Waals surface area contributed by atoms with Crippen molar-refractivity contribution in [2.45, 2.75) is 18.9 Å². The van der Waals surface area contributed by atoms with E-state index in [0.717, 1.165) is 25.0 Å². The third-order valence-corrected chi connectivity index (χ3v) is 3.02. The van der Waals surface area contributed by atoms with Crippen LogP contribution in [0, 0.1) is 5.82 Å². The van der Waals surface area contributed by atoms with Crippen molar-refractivity contribution in [3.8, 4) is 5.75 Å². The van der Waals surface area contributed by atoms with Crippen LogP contribution in [0.15, 0.2) is 18.2 Å². The zero-order valence-electron chi connectivity index (χ0n) is 9.40. The van der Waals surface area contributed by atoms with Gasteiger partial charge in [0.1, 0.15) is 11.6 Å². The average Bonchev–Trinajstić information content (AvgIpc) is 2.32. The van der Waals surface area contributed by atoms with Gasteiger partial charge in [-0.05, 0) is 31.0 Å². The van der Waals surface area contributed by atoms with Crippen LogP contribution >= 0.6 is 0 Å². The second kappa shape index (κ2) is 4.71. The van der Waals surface area contributed by atoms with Crippen molar-refractivity contribution in [2.24, 2.45) is 5.73 Å². The average molecular weight is 238 g/mol. The standard InChI is InChI=1S/C12H15FN2O2/c13-8-1-2-11(16)10(7-8)12(17)15-5-3-9(14)4-6-15/h1-2,7,9,16H,3-6,14H2. The lowest BCUT2D eigenvalue weighted by Crippen LogP contribution is -2.42. The third-order valence-electron chi connectivity index (χ3n) is 3.02. The van der Waals surface area contributed by atoms with Crippen LogP contribution in [0.1, 0.15) is 23.2 Å². The molecule has 1 heterocycles. The van der Waals surface area contributed by atoms with E-state index in [-0.39, 0.29) is 23.3 Å². The number of hydrogen-bond acceptors (Lipinski definition) is 3. The molecule has 1 amide bonds. The first-order valence-corrected chi connectivity index (χ1v) is 5.61. The number of likely N-dealkylation sites (tertiary alicyclic amines) is 1. The first-order valence-electron chi connectivity index (χ1n) is 5.61. The lowest BCUT2D eigenvalue weighted by molar-refractivity contribution is 0.0711. The molecule has 3 N–H and O–H groups in total. The van der Waals surface area contributed by atoms with E-state index in [0.29, 0.717) is 13.1 Å². The van der Waals surface area contributed by atoms with E-state index in [1.54, 1.807) is 4.90 Å². The number of hydrogen-bond donors (Lipinski definition) is 2. The Bertz CT molecular complexity index is 429. The van der Waals surface area contributed by atoms with Crippen LogP contribution in [0.25, 0.3) is 0 Å². The number of piperidine rings is 1. The van der Waals surface area contributed by atoms with Crippen molar-refractivity contribution in [3.05, 3.63) is 29.6 Å². The quantitative estimate of drug-likeness (QED) is 0.769. The molecular formula is C12H15FN2O2. The molecule has 0 spiro atoms. The zero-order chi connectivity index (χ0) is 12.4. The number of halogens is 1. The minimum atomic E-state index is -0.528. The molecule has 0 saturated carbocycles. The smallest absolute Gasteiger partial charge is 0.257 e. The van der Waals surface area contributed by atoms with E-state index in [9.17, 15) is 14.3 Å². The van der Waals surface area contributed by atoms with E-state index in [1.165, 1.54) is 6.07 Å². The highest BCUT2D eigenvalue weighted by Crippen LogP contribution is 2.21. The van der Waals surface area contributed by atoms with E-state index in [4.69, 9.17) is 5.73 Å². The fourth-order valence-electron chi connectivity index (χ4n) is 1.95. The first-order chi connectivity index (χ1) is 8.08. The predicted octanol–water partition coefficient (Wildman–Crippen LogP) is 1.09. The maximum atomic E-state index is 13.0. The Balaban J connectivity index is 2.16. The fourth-order valence-corrected chi connectivity index (χ4v) is 1.95. The fraction of sp³-hybridized carbons (Fsp3) is 0.417. The molecule has 1 aromatic rings. The molecule has 1 saturated heterocycles. The molecule has 4 nitrogen and oxygen atoms in total. The molecular weight excluding hydrogens is 223 g/mol. The second-order valence-electron chi connectivity index (χ2n) is 4.29. The highest BCUT2D eigenvalue weighted by molar-refractivity contribution is 5.96. The van der Waals surface area contributed by atoms with E-state index >= 15 is 0 Å². The largest absolute Gasteiger partial charge is 0.507 e. The predicted molar refractivity (Wildman–Crippen MR) is 61.2 cm³/mol. The van der Waals surface area contributed by atoms with Crippen LogP contribution in [0.3, 0.4) is 0 Å². The summed E-state index contributed by atoms with van der Waals surface area (Å²) in [6.45, 7) is 1.10. The van der Waals surface area contributed by atoms with Crippen molar-refractivity contribution < 1.29 is 14.3 Å². The Hall–Kier alpha value is -1.62. The number of benzene rings is 1. The lowest BCUT2D eigenvalue weighted by Gasteiger charge is -2.30. The molecule has 1 aliphatic rings. The summed E-state index contributed by atoms with van der Waals surface area (Å²) in [5.41, 5.74) is 5.76. The Morgan fingerprint density at radius 2 is 2.06 bits per heavy atom. The molecule has 92 valence electrons. The summed E-state index contributed by atoms with van der Waals surface area (Å²) in [6, 6.07) is 3.50. The summed E-state index contributed by atoms with van der Waals surface area (Å²) in [5.74, 6) is -1.06. The van der Waals surface area contributed by atoms with Gasteiger partial charge >= 0.3 is 0 Å². The maximum Gasteiger partial charge on any atom is 0.257 e. The van der Waals surface area contributed by atoms with E-state index < -0.39 is 5.82 Å². The van der Waals surface area contributed by atoms with Gasteiger partial charge in [-0.15, -0.1) is 0 Å². The highest BCUT2D eigenvalue weighted by Gasteiger charge is 2.23. The number of rotatable bonds is 1. The summed E-state index contributed by atoms with van der Waals surface area (Å²) >= 11 is 0. The van der Waals surface area contributed by atoms with Gasteiger partial charge in [0.25, 0.3) is 5.91 Å². The molecule has 0 atom stereocenters. The van der Waals surface area contributed by atoms with Gasteiger partial charge in [-0.1, -0.05) is 0 Å². The van der Waals surface area contributed by atoms with Gasteiger partial charge in [0, 0.05) is 19.1 Å². The van der Waals surface area contributed by atoms with E-state index in [2.05, 4.69) is 0 Å². The van der Waals surface area contributed by atoms with Crippen molar-refractivity contribution in [1.29, 1.82) is 0 Å². The molecule has 0 radical (unpaired) electrons. The Kier molecular flexibility index (Phi) is 3.28. The number of amides is 1. The van der Waals surface area contributed by atoms with Crippen LogP contribution in [-0.4, -0.2) is 35.0 Å². The van der Waals surface area contributed by atoms with Gasteiger partial charge in [0.15, 0.2) is 0 Å². The molecule has 0 aliphatic carbocycles. The Morgan fingerprint density at radius 1 is 1.41 bits per heavy atom. The van der Waals surface area contributed by atoms with Crippen molar-refractivity contribution in [2.75, 3.05) is 13.1 Å². The minimum absolute atomic E-state index is 0.0143. The van der Waals surface area contributed by atoms with Gasteiger partial charge in [-0.25, -0.2) is 4.39 Å². The van der Waals surface area contributed by atoms with Gasteiger partial charge < -0.3 is 15.7 Å². The molecule has 1 fully saturated rings. The summed E-state index contributed by atoms with van der Waals surface area (Å²) < 4.78 is 13.0. The number of carbonyl (C=O) groups is 1. The third kappa shape index (κ3) is 2.55. The number of phenols is 1. The SMILES string of the molecule is NC1CCN(C(=O)c2cc(F)ccc2O)CC1. The molecule has 0 bridgehead atoms. The van der Waals surface area contributed by atoms with Gasteiger partial charge in [-0.3, -0.25) is 4.79 Å². The Labute approximate surface area is 98.8 Å². The molecule has 0 unspecified atom stereocenters. The van der Waals surface area contributed by atoms with Crippen molar-refractivity contribution >= 4 is 5.91 Å². The van der Waals surface area contributed by atoms with Crippen molar-refractivity contribution in [3.63, 3.8) is 0 Å². The highest BCUT2D eigenvalue weighted by atomic mass is 19.1. The maximum absolute atomic E-state index is 13.0. The number of aromatic hydroxyl groups is 1. The minimum Gasteiger partial charge on any atom is -0.507 e. The molecule has 2 rings (SSSR count). The van der Waals surface area contributed by atoms with Gasteiger partial charge in [0.2, 0.25) is 0 Å². The van der Waals surface area contributed by atoms with Crippen LogP contribution in [0.5, 0.6) is 5.75 Å². The van der Waals surface area contributed by atoms with Crippen molar-refractivity contribution in [1.82, 2.24) is 4.90 Å². The number of phenolic OH excluding ortho intramolecular Hbond substituents is 1. The first kappa shape index (κ1) is 11.9. The van der Waals surface area contributed by atoms with Crippen LogP contribution in [-0.2, 0) is 0 Å². The van der Waals surface area contributed by atoms with Gasteiger partial charge in [0.05, 0.1) is 5.56 Å². The van der Waals surface area contributed by atoms with E-state index in [1.807, 2.05) is 0 Å². The lowest BCUT2D eigenvalue weighted by atomic mass is 10.0. The second-order valence-corrected chi connectivity index (χ2v) is 4.29. The summed E-state index contributed by atoms with van der Waals surface area (Å²) in [6.07, 6.45) is 1.48.